The van der Waals surface area contributed by atoms with Crippen molar-refractivity contribution in [3.63, 3.8) is 0 Å². The number of fused-ring (bicyclic) bond motifs is 1. The predicted octanol–water partition coefficient (Wildman–Crippen LogP) is 2.56. The minimum atomic E-state index is -4.30. The number of carbonyl (C=O) groups excluding carboxylic acids is 2. The van der Waals surface area contributed by atoms with Crippen molar-refractivity contribution in [2.75, 3.05) is 19.8 Å². The van der Waals surface area contributed by atoms with Crippen LogP contribution >= 0.6 is 0 Å². The number of nitrogens with one attached hydrogen (secondary N) is 1. The number of hydrogen-bond donors (Lipinski definition) is 2. The molecule has 0 radical (unpaired) electrons. The number of nitrogens with zero attached hydrogens (tertiary/aromatic N) is 3. The summed E-state index contributed by atoms with van der Waals surface area (Å²) in [5.74, 6) is -0.517. The third-order valence-electron chi connectivity index (χ3n) is 5.11. The zero-order valence-corrected chi connectivity index (χ0v) is 17.6. The van der Waals surface area contributed by atoms with Gasteiger partial charge in [-0.3, -0.25) is 19.6 Å². The Hall–Kier alpha value is -3.21. The fraction of sp³-hybridized carbons (Fsp3) is 0.429. The van der Waals surface area contributed by atoms with E-state index in [0.29, 0.717) is 22.4 Å². The summed E-state index contributed by atoms with van der Waals surface area (Å²) in [5, 5.41) is 11.4. The molecule has 3 rings (SSSR count). The second-order valence-corrected chi connectivity index (χ2v) is 7.36. The first-order valence-corrected chi connectivity index (χ1v) is 9.96. The lowest BCUT2D eigenvalue weighted by molar-refractivity contribution is -0.139. The van der Waals surface area contributed by atoms with E-state index in [-0.39, 0.29) is 37.0 Å². The van der Waals surface area contributed by atoms with Crippen molar-refractivity contribution in [2.24, 2.45) is 0 Å². The topological polar surface area (TPSA) is 105 Å². The van der Waals surface area contributed by atoms with Gasteiger partial charge < -0.3 is 20.1 Å². The number of alkyl halides is 3. The minimum absolute atomic E-state index is 0.0683. The monoisotopic (exact) mass is 452 g/mol. The molecule has 1 aliphatic rings. The second-order valence-electron chi connectivity index (χ2n) is 7.36. The molecule has 32 heavy (non-hydrogen) atoms. The van der Waals surface area contributed by atoms with Crippen molar-refractivity contribution in [3.8, 4) is 5.75 Å². The van der Waals surface area contributed by atoms with E-state index in [9.17, 15) is 22.8 Å². The van der Waals surface area contributed by atoms with Gasteiger partial charge in [-0.1, -0.05) is 0 Å². The fourth-order valence-corrected chi connectivity index (χ4v) is 3.39. The quantitative estimate of drug-likeness (QED) is 0.638. The van der Waals surface area contributed by atoms with Gasteiger partial charge in [0.2, 0.25) is 0 Å². The number of aliphatic hydroxyl groups excluding tert-OH is 1. The van der Waals surface area contributed by atoms with Crippen LogP contribution in [0.5, 0.6) is 5.75 Å². The molecule has 1 aliphatic heterocycles. The molecular formula is C21H23F3N4O4. The molecule has 0 saturated heterocycles. The average molecular weight is 452 g/mol. The molecule has 0 bridgehead atoms. The van der Waals surface area contributed by atoms with Gasteiger partial charge in [-0.15, -0.1) is 0 Å². The number of halogens is 3. The Morgan fingerprint density at radius 1 is 1.38 bits per heavy atom. The Balaban J connectivity index is 1.75. The number of aromatic nitrogens is 2. The third kappa shape index (κ3) is 5.16. The first-order valence-electron chi connectivity index (χ1n) is 9.96. The Morgan fingerprint density at radius 2 is 2.12 bits per heavy atom. The molecule has 2 N–H and O–H groups in total. The van der Waals surface area contributed by atoms with E-state index in [0.717, 1.165) is 0 Å². The number of amides is 2. The lowest BCUT2D eigenvalue weighted by Crippen LogP contribution is -2.29. The van der Waals surface area contributed by atoms with Crippen LogP contribution in [-0.2, 0) is 6.54 Å². The van der Waals surface area contributed by atoms with Crippen LogP contribution in [0.25, 0.3) is 0 Å². The van der Waals surface area contributed by atoms with Gasteiger partial charge in [-0.05, 0) is 31.5 Å². The predicted molar refractivity (Wildman–Crippen MR) is 107 cm³/mol. The zero-order chi connectivity index (χ0) is 23.5. The summed E-state index contributed by atoms with van der Waals surface area (Å²) >= 11 is 0. The molecule has 172 valence electrons. The van der Waals surface area contributed by atoms with Crippen molar-refractivity contribution in [1.29, 1.82) is 0 Å². The first kappa shape index (κ1) is 23.5. The van der Waals surface area contributed by atoms with Gasteiger partial charge in [-0.25, -0.2) is 0 Å². The maximum Gasteiger partial charge on any atom is 0.392 e. The van der Waals surface area contributed by atoms with E-state index in [1.165, 1.54) is 12.4 Å². The largest absolute Gasteiger partial charge is 0.491 e. The molecular weight excluding hydrogens is 429 g/mol. The van der Waals surface area contributed by atoms with Gasteiger partial charge in [0.25, 0.3) is 11.8 Å². The second kappa shape index (κ2) is 9.51. The molecule has 3 heterocycles. The van der Waals surface area contributed by atoms with Crippen LogP contribution in [-0.4, -0.2) is 57.7 Å². The van der Waals surface area contributed by atoms with Gasteiger partial charge >= 0.3 is 6.18 Å². The SMILES string of the molecule is Cc1cc(C(C)N2Cc3c(ccnc3C(=O)NCCO)C2=O)ncc1OCCC(F)(F)F. The number of ether oxygens (including phenoxy) is 1. The molecule has 2 aromatic rings. The highest BCUT2D eigenvalue weighted by Gasteiger charge is 2.35. The van der Waals surface area contributed by atoms with Crippen molar-refractivity contribution < 1.29 is 32.6 Å². The molecule has 1 atom stereocenters. The lowest BCUT2D eigenvalue weighted by Gasteiger charge is -2.24. The van der Waals surface area contributed by atoms with Gasteiger partial charge in [0.05, 0.1) is 37.6 Å². The number of aryl methyl sites for hydroxylation is 1. The molecule has 0 aliphatic carbocycles. The van der Waals surface area contributed by atoms with Gasteiger partial charge in [0.15, 0.2) is 0 Å². The summed E-state index contributed by atoms with van der Waals surface area (Å²) < 4.78 is 42.1. The summed E-state index contributed by atoms with van der Waals surface area (Å²) in [7, 11) is 0. The Labute approximate surface area is 182 Å². The zero-order valence-electron chi connectivity index (χ0n) is 17.6. The molecule has 0 spiro atoms. The maximum atomic E-state index is 13.0. The van der Waals surface area contributed by atoms with Crippen molar-refractivity contribution in [2.45, 2.75) is 39.0 Å². The number of hydrogen-bond acceptors (Lipinski definition) is 6. The highest BCUT2D eigenvalue weighted by molar-refractivity contribution is 6.03. The third-order valence-corrected chi connectivity index (χ3v) is 5.11. The molecule has 2 amide bonds. The Morgan fingerprint density at radius 3 is 2.78 bits per heavy atom. The maximum absolute atomic E-state index is 13.0. The minimum Gasteiger partial charge on any atom is -0.491 e. The molecule has 0 saturated carbocycles. The molecule has 2 aromatic heterocycles. The van der Waals surface area contributed by atoms with Crippen LogP contribution < -0.4 is 10.1 Å². The van der Waals surface area contributed by atoms with Crippen LogP contribution in [0.3, 0.4) is 0 Å². The van der Waals surface area contributed by atoms with E-state index < -0.39 is 31.2 Å². The van der Waals surface area contributed by atoms with Crippen molar-refractivity contribution in [3.05, 3.63) is 52.6 Å². The van der Waals surface area contributed by atoms with Crippen LogP contribution in [0, 0.1) is 6.92 Å². The molecule has 11 heteroatoms. The van der Waals surface area contributed by atoms with Gasteiger partial charge in [0, 0.05) is 30.4 Å². The highest BCUT2D eigenvalue weighted by atomic mass is 19.4. The highest BCUT2D eigenvalue weighted by Crippen LogP contribution is 2.33. The van der Waals surface area contributed by atoms with E-state index in [1.807, 2.05) is 0 Å². The van der Waals surface area contributed by atoms with Crippen molar-refractivity contribution >= 4 is 11.8 Å². The van der Waals surface area contributed by atoms with Gasteiger partial charge in [0.1, 0.15) is 11.4 Å². The molecule has 0 fully saturated rings. The number of aliphatic hydroxyl groups is 1. The Kier molecular flexibility index (Phi) is 6.97. The first-order chi connectivity index (χ1) is 15.1. The van der Waals surface area contributed by atoms with Crippen LogP contribution in [0.1, 0.15) is 57.1 Å². The van der Waals surface area contributed by atoms with Crippen LogP contribution in [0.4, 0.5) is 13.2 Å². The molecule has 8 nitrogen and oxygen atoms in total. The van der Waals surface area contributed by atoms with Gasteiger partial charge in [-0.2, -0.15) is 13.2 Å². The lowest BCUT2D eigenvalue weighted by atomic mass is 10.1. The number of rotatable bonds is 8. The normalized spacial score (nSPS) is 14.3. The van der Waals surface area contributed by atoms with E-state index >= 15 is 0 Å². The smallest absolute Gasteiger partial charge is 0.392 e. The number of pyridine rings is 2. The van der Waals surface area contributed by atoms with E-state index in [4.69, 9.17) is 9.84 Å². The fourth-order valence-electron chi connectivity index (χ4n) is 3.39. The summed E-state index contributed by atoms with van der Waals surface area (Å²) in [6.45, 7) is 2.96. The molecule has 0 aromatic carbocycles. The van der Waals surface area contributed by atoms with E-state index in [1.54, 1.807) is 30.9 Å². The Bertz CT molecular complexity index is 1010. The summed E-state index contributed by atoms with van der Waals surface area (Å²) in [4.78, 5) is 35.2. The summed E-state index contributed by atoms with van der Waals surface area (Å²) in [5.41, 5.74) is 2.11. The standard InChI is InChI=1S/C21H23F3N4O4/c1-12-9-16(27-10-17(12)32-8-4-21(22,23)24)13(2)28-11-15-14(20(28)31)3-5-25-18(15)19(30)26-6-7-29/h3,5,9-10,13,29H,4,6-8,11H2,1-2H3,(H,26,30). The molecule has 1 unspecified atom stereocenters. The van der Waals surface area contributed by atoms with Crippen molar-refractivity contribution in [1.82, 2.24) is 20.2 Å². The summed E-state index contributed by atoms with van der Waals surface area (Å²) in [6.07, 6.45) is -2.63. The summed E-state index contributed by atoms with van der Waals surface area (Å²) in [6, 6.07) is 2.74. The van der Waals surface area contributed by atoms with E-state index in [2.05, 4.69) is 15.3 Å². The van der Waals surface area contributed by atoms with Crippen LogP contribution in [0.15, 0.2) is 24.5 Å². The number of carbonyl (C=O) groups is 2. The van der Waals surface area contributed by atoms with Crippen LogP contribution in [0.2, 0.25) is 0 Å². The average Bonchev–Trinajstić information content (AvgIpc) is 3.08.